The third kappa shape index (κ3) is 14.2. The molecule has 1 heterocycles. The smallest absolute Gasteiger partial charge is 0.408 e. The molecule has 9 heteroatoms. The van der Waals surface area contributed by atoms with Gasteiger partial charge in [0.25, 0.3) is 0 Å². The fraction of sp³-hybridized carbons (Fsp3) is 0.409. The number of carbonyl (C=O) groups excluding carboxylic acids is 2. The van der Waals surface area contributed by atoms with Crippen LogP contribution in [-0.2, 0) is 9.53 Å². The van der Waals surface area contributed by atoms with Crippen LogP contribution in [-0.4, -0.2) is 36.6 Å². The van der Waals surface area contributed by atoms with Gasteiger partial charge in [-0.05, 0) is 45.0 Å². The lowest BCUT2D eigenvalue weighted by molar-refractivity contribution is -0.107. The number of benzene rings is 1. The van der Waals surface area contributed by atoms with Gasteiger partial charge >= 0.3 is 6.09 Å². The SMILES string of the molecule is CC(C)(C)OC(=O)NCC=O.CCC.CNc1ccc(NNc2ccccc2)c(N)n1. The number of carbonyl (C=O) groups is 2. The van der Waals surface area contributed by atoms with E-state index in [9.17, 15) is 9.59 Å². The van der Waals surface area contributed by atoms with Crippen LogP contribution in [0.25, 0.3) is 0 Å². The van der Waals surface area contributed by atoms with Gasteiger partial charge in [0, 0.05) is 7.05 Å². The van der Waals surface area contributed by atoms with Crippen LogP contribution in [0.2, 0.25) is 0 Å². The number of aldehydes is 1. The molecule has 0 aliphatic rings. The number of anilines is 4. The van der Waals surface area contributed by atoms with Crippen molar-refractivity contribution in [1.29, 1.82) is 0 Å². The van der Waals surface area contributed by atoms with Crippen LogP contribution in [0.5, 0.6) is 0 Å². The molecule has 0 fully saturated rings. The van der Waals surface area contributed by atoms with E-state index >= 15 is 0 Å². The summed E-state index contributed by atoms with van der Waals surface area (Å²) in [6.07, 6.45) is 1.29. The van der Waals surface area contributed by atoms with E-state index < -0.39 is 11.7 Å². The molecule has 0 bridgehead atoms. The summed E-state index contributed by atoms with van der Waals surface area (Å²) in [7, 11) is 1.80. The highest BCUT2D eigenvalue weighted by atomic mass is 16.6. The number of amides is 1. The van der Waals surface area contributed by atoms with E-state index in [1.807, 2.05) is 42.5 Å². The first-order chi connectivity index (χ1) is 14.7. The number of nitrogens with two attached hydrogens (primary N) is 1. The lowest BCUT2D eigenvalue weighted by atomic mass is 10.2. The fourth-order valence-corrected chi connectivity index (χ4v) is 1.82. The molecule has 9 nitrogen and oxygen atoms in total. The Kier molecular flexibility index (Phi) is 13.6. The molecule has 0 radical (unpaired) electrons. The summed E-state index contributed by atoms with van der Waals surface area (Å²) in [4.78, 5) is 24.7. The molecule has 2 aromatic rings. The highest BCUT2D eigenvalue weighted by Gasteiger charge is 2.15. The van der Waals surface area contributed by atoms with E-state index in [1.165, 1.54) is 6.42 Å². The number of para-hydroxylation sites is 1. The van der Waals surface area contributed by atoms with E-state index in [2.05, 4.69) is 40.3 Å². The van der Waals surface area contributed by atoms with Crippen LogP contribution in [0.4, 0.5) is 27.8 Å². The molecule has 0 saturated carbocycles. The zero-order chi connectivity index (χ0) is 23.7. The van der Waals surface area contributed by atoms with Crippen LogP contribution in [0.1, 0.15) is 41.0 Å². The normalized spacial score (nSPS) is 9.61. The summed E-state index contributed by atoms with van der Waals surface area (Å²) in [5, 5.41) is 5.19. The van der Waals surface area contributed by atoms with Crippen LogP contribution >= 0.6 is 0 Å². The van der Waals surface area contributed by atoms with E-state index in [0.29, 0.717) is 12.1 Å². The maximum atomic E-state index is 10.7. The average Bonchev–Trinajstić information content (AvgIpc) is 2.72. The second-order valence-corrected chi connectivity index (χ2v) is 7.25. The van der Waals surface area contributed by atoms with Gasteiger partial charge in [-0.2, -0.15) is 0 Å². The summed E-state index contributed by atoms with van der Waals surface area (Å²) in [6, 6.07) is 13.5. The lowest BCUT2D eigenvalue weighted by Gasteiger charge is -2.18. The molecule has 0 unspecified atom stereocenters. The quantitative estimate of drug-likeness (QED) is 0.338. The number of nitrogens with one attached hydrogen (secondary N) is 4. The van der Waals surface area contributed by atoms with Crippen molar-refractivity contribution >= 4 is 35.4 Å². The fourth-order valence-electron chi connectivity index (χ4n) is 1.82. The Bertz CT molecular complexity index is 764. The van der Waals surface area contributed by atoms with Gasteiger partial charge in [0.15, 0.2) is 5.82 Å². The first-order valence-corrected chi connectivity index (χ1v) is 10.1. The van der Waals surface area contributed by atoms with Crippen molar-refractivity contribution < 1.29 is 14.3 Å². The van der Waals surface area contributed by atoms with E-state index in [1.54, 1.807) is 27.8 Å². The van der Waals surface area contributed by atoms with Crippen LogP contribution in [0.3, 0.4) is 0 Å². The predicted octanol–water partition coefficient (Wildman–Crippen LogP) is 4.27. The van der Waals surface area contributed by atoms with E-state index in [4.69, 9.17) is 10.5 Å². The van der Waals surface area contributed by atoms with Gasteiger partial charge in [-0.1, -0.05) is 38.5 Å². The third-order valence-electron chi connectivity index (χ3n) is 3.02. The second-order valence-electron chi connectivity index (χ2n) is 7.25. The summed E-state index contributed by atoms with van der Waals surface area (Å²) in [6.45, 7) is 9.52. The highest BCUT2D eigenvalue weighted by Crippen LogP contribution is 2.18. The molecule has 0 spiro atoms. The Morgan fingerprint density at radius 1 is 1.10 bits per heavy atom. The lowest BCUT2D eigenvalue weighted by Crippen LogP contribution is -2.33. The molecule has 172 valence electrons. The largest absolute Gasteiger partial charge is 0.444 e. The van der Waals surface area contributed by atoms with Crippen molar-refractivity contribution in [2.45, 2.75) is 46.6 Å². The van der Waals surface area contributed by atoms with E-state index in [-0.39, 0.29) is 6.54 Å². The van der Waals surface area contributed by atoms with Crippen molar-refractivity contribution in [3.8, 4) is 0 Å². The van der Waals surface area contributed by atoms with Gasteiger partial charge in [0.1, 0.15) is 17.7 Å². The minimum atomic E-state index is -0.565. The molecular weight excluding hydrogens is 396 g/mol. The van der Waals surface area contributed by atoms with Crippen molar-refractivity contribution in [2.75, 3.05) is 35.5 Å². The number of rotatable bonds is 6. The minimum Gasteiger partial charge on any atom is -0.444 e. The van der Waals surface area contributed by atoms with Crippen LogP contribution < -0.4 is 27.2 Å². The summed E-state index contributed by atoms with van der Waals surface area (Å²) >= 11 is 0. The molecule has 0 aliphatic carbocycles. The average molecular weight is 433 g/mol. The monoisotopic (exact) mass is 432 g/mol. The Morgan fingerprint density at radius 2 is 1.71 bits per heavy atom. The summed E-state index contributed by atoms with van der Waals surface area (Å²) in [5.74, 6) is 1.19. The number of pyridine rings is 1. The van der Waals surface area contributed by atoms with Crippen molar-refractivity contribution in [2.24, 2.45) is 0 Å². The maximum Gasteiger partial charge on any atom is 0.408 e. The minimum absolute atomic E-state index is 0.00505. The highest BCUT2D eigenvalue weighted by molar-refractivity contribution is 5.71. The summed E-state index contributed by atoms with van der Waals surface area (Å²) in [5.41, 5.74) is 13.1. The van der Waals surface area contributed by atoms with Crippen LogP contribution in [0.15, 0.2) is 42.5 Å². The molecular formula is C22H36N6O3. The second kappa shape index (κ2) is 15.4. The zero-order valence-electron chi connectivity index (χ0n) is 19.3. The first-order valence-electron chi connectivity index (χ1n) is 10.1. The predicted molar refractivity (Wildman–Crippen MR) is 128 cm³/mol. The van der Waals surface area contributed by atoms with Gasteiger partial charge in [-0.3, -0.25) is 5.43 Å². The molecule has 2 rings (SSSR count). The number of hydrogen-bond donors (Lipinski definition) is 5. The van der Waals surface area contributed by atoms with Gasteiger partial charge in [0.2, 0.25) is 0 Å². The molecule has 0 saturated heterocycles. The zero-order valence-corrected chi connectivity index (χ0v) is 19.3. The van der Waals surface area contributed by atoms with Gasteiger partial charge < -0.3 is 31.3 Å². The molecule has 1 aromatic carbocycles. The van der Waals surface area contributed by atoms with E-state index in [0.717, 1.165) is 17.2 Å². The number of nitrogens with zero attached hydrogens (tertiary/aromatic N) is 1. The molecule has 1 aromatic heterocycles. The third-order valence-corrected chi connectivity index (χ3v) is 3.02. The van der Waals surface area contributed by atoms with Crippen LogP contribution in [0, 0.1) is 0 Å². The Morgan fingerprint density at radius 3 is 2.19 bits per heavy atom. The Labute approximate surface area is 185 Å². The van der Waals surface area contributed by atoms with Crippen molar-refractivity contribution in [1.82, 2.24) is 10.3 Å². The molecule has 1 amide bonds. The molecule has 0 atom stereocenters. The summed E-state index contributed by atoms with van der Waals surface area (Å²) < 4.78 is 4.83. The molecule has 6 N–H and O–H groups in total. The topological polar surface area (TPSA) is 130 Å². The molecule has 31 heavy (non-hydrogen) atoms. The van der Waals surface area contributed by atoms with Crippen molar-refractivity contribution in [3.05, 3.63) is 42.5 Å². The maximum absolute atomic E-state index is 10.7. The number of aromatic nitrogens is 1. The van der Waals surface area contributed by atoms with Gasteiger partial charge in [0.05, 0.1) is 17.9 Å². The molecule has 0 aliphatic heterocycles. The number of alkyl carbamates (subject to hydrolysis) is 1. The number of ether oxygens (including phenoxy) is 1. The Hall–Kier alpha value is -3.49. The first kappa shape index (κ1) is 27.5. The standard InChI is InChI=1S/C12H15N5.C7H13NO3.C3H8/c1-14-11-8-7-10(12(13)15-11)17-16-9-5-3-2-4-6-9;1-7(2,3)11-6(10)8-4-5-9;1-3-2/h2-8,16-17H,1H3,(H3,13,14,15);5H,4H2,1-3H3,(H,8,10);3H2,1-2H3. The Balaban J connectivity index is 0.000000557. The number of hydrogen-bond acceptors (Lipinski definition) is 8. The van der Waals surface area contributed by atoms with Gasteiger partial charge in [-0.15, -0.1) is 0 Å². The van der Waals surface area contributed by atoms with Gasteiger partial charge in [-0.25, -0.2) is 9.78 Å². The number of nitrogen functional groups attached to an aromatic ring is 1. The van der Waals surface area contributed by atoms with Crippen molar-refractivity contribution in [3.63, 3.8) is 0 Å². The number of hydrazine groups is 1.